The van der Waals surface area contributed by atoms with Crippen molar-refractivity contribution in [3.63, 3.8) is 0 Å². The fourth-order valence-corrected chi connectivity index (χ4v) is 4.37. The molecule has 0 bridgehead atoms. The molecule has 0 aromatic heterocycles. The molecule has 2 unspecified atom stereocenters. The zero-order chi connectivity index (χ0) is 17.2. The molecule has 24 heavy (non-hydrogen) atoms. The quantitative estimate of drug-likeness (QED) is 0.899. The second kappa shape index (κ2) is 7.42. The second-order valence-corrected chi connectivity index (χ2v) is 7.89. The number of para-hydroxylation sites is 1. The van der Waals surface area contributed by atoms with Gasteiger partial charge in [0.25, 0.3) is 0 Å². The van der Waals surface area contributed by atoms with Gasteiger partial charge in [-0.05, 0) is 45.4 Å². The van der Waals surface area contributed by atoms with E-state index in [1.54, 1.807) is 0 Å². The van der Waals surface area contributed by atoms with Crippen LogP contribution in [0.15, 0.2) is 24.3 Å². The van der Waals surface area contributed by atoms with Gasteiger partial charge in [0.05, 0.1) is 17.8 Å². The molecule has 2 aliphatic rings. The SMILES string of the molecule is CC1CN(c2ccccc2CN(C)CC2(O)CCCC2)CC(C)O1. The molecule has 3 rings (SSSR count). The molecule has 0 radical (unpaired) electrons. The summed E-state index contributed by atoms with van der Waals surface area (Å²) in [5, 5.41) is 10.7. The van der Waals surface area contributed by atoms with E-state index in [2.05, 4.69) is 55.0 Å². The minimum atomic E-state index is -0.480. The smallest absolute Gasteiger partial charge is 0.0774 e. The van der Waals surface area contributed by atoms with E-state index in [9.17, 15) is 5.11 Å². The lowest BCUT2D eigenvalue weighted by atomic mass is 10.0. The first-order chi connectivity index (χ1) is 11.5. The fraction of sp³-hybridized carbons (Fsp3) is 0.700. The van der Waals surface area contributed by atoms with Gasteiger partial charge in [0, 0.05) is 31.9 Å². The summed E-state index contributed by atoms with van der Waals surface area (Å²) in [7, 11) is 2.12. The predicted molar refractivity (Wildman–Crippen MR) is 98.4 cm³/mol. The van der Waals surface area contributed by atoms with Crippen LogP contribution >= 0.6 is 0 Å². The highest BCUT2D eigenvalue weighted by molar-refractivity contribution is 5.54. The van der Waals surface area contributed by atoms with E-state index in [0.717, 1.165) is 51.9 Å². The van der Waals surface area contributed by atoms with Crippen LogP contribution in [0.2, 0.25) is 0 Å². The van der Waals surface area contributed by atoms with E-state index >= 15 is 0 Å². The topological polar surface area (TPSA) is 35.9 Å². The fourth-order valence-electron chi connectivity index (χ4n) is 4.37. The first kappa shape index (κ1) is 17.7. The maximum Gasteiger partial charge on any atom is 0.0774 e. The van der Waals surface area contributed by atoms with Crippen molar-refractivity contribution >= 4 is 5.69 Å². The van der Waals surface area contributed by atoms with Gasteiger partial charge in [-0.3, -0.25) is 4.90 Å². The van der Waals surface area contributed by atoms with Crippen LogP contribution in [-0.2, 0) is 11.3 Å². The van der Waals surface area contributed by atoms with Gasteiger partial charge < -0.3 is 14.7 Å². The van der Waals surface area contributed by atoms with Gasteiger partial charge in [-0.15, -0.1) is 0 Å². The normalized spacial score (nSPS) is 27.0. The van der Waals surface area contributed by atoms with Crippen LogP contribution in [0, 0.1) is 0 Å². The first-order valence-corrected chi connectivity index (χ1v) is 9.34. The Morgan fingerprint density at radius 3 is 2.46 bits per heavy atom. The van der Waals surface area contributed by atoms with Gasteiger partial charge in [0.2, 0.25) is 0 Å². The van der Waals surface area contributed by atoms with Crippen molar-refractivity contribution in [3.05, 3.63) is 29.8 Å². The van der Waals surface area contributed by atoms with Crippen molar-refractivity contribution in [3.8, 4) is 0 Å². The molecule has 1 aliphatic carbocycles. The Hall–Kier alpha value is -1.10. The molecule has 1 aromatic rings. The summed E-state index contributed by atoms with van der Waals surface area (Å²) in [4.78, 5) is 4.73. The van der Waals surface area contributed by atoms with Gasteiger partial charge in [-0.2, -0.15) is 0 Å². The molecule has 1 aliphatic heterocycles. The van der Waals surface area contributed by atoms with Gasteiger partial charge >= 0.3 is 0 Å². The van der Waals surface area contributed by atoms with Crippen LogP contribution in [-0.4, -0.2) is 54.5 Å². The van der Waals surface area contributed by atoms with Crippen molar-refractivity contribution in [1.29, 1.82) is 0 Å². The maximum atomic E-state index is 10.7. The lowest BCUT2D eigenvalue weighted by Crippen LogP contribution is -2.46. The van der Waals surface area contributed by atoms with Crippen LogP contribution in [0.3, 0.4) is 0 Å². The zero-order valence-electron chi connectivity index (χ0n) is 15.4. The lowest BCUT2D eigenvalue weighted by Gasteiger charge is -2.38. The Bertz CT molecular complexity index is 532. The molecule has 2 fully saturated rings. The third kappa shape index (κ3) is 4.29. The Labute approximate surface area is 146 Å². The predicted octanol–water partition coefficient (Wildman–Crippen LogP) is 3.04. The van der Waals surface area contributed by atoms with Crippen LogP contribution in [0.25, 0.3) is 0 Å². The van der Waals surface area contributed by atoms with Gasteiger partial charge in [0.15, 0.2) is 0 Å². The van der Waals surface area contributed by atoms with Crippen LogP contribution in [0.1, 0.15) is 45.1 Å². The summed E-state index contributed by atoms with van der Waals surface area (Å²) < 4.78 is 5.88. The molecule has 1 saturated carbocycles. The number of hydrogen-bond donors (Lipinski definition) is 1. The Morgan fingerprint density at radius 1 is 1.17 bits per heavy atom. The van der Waals surface area contributed by atoms with E-state index in [-0.39, 0.29) is 12.2 Å². The highest BCUT2D eigenvalue weighted by atomic mass is 16.5. The number of likely N-dealkylation sites (N-methyl/N-ethyl adjacent to an activating group) is 1. The summed E-state index contributed by atoms with van der Waals surface area (Å²) >= 11 is 0. The number of benzene rings is 1. The number of rotatable bonds is 5. The van der Waals surface area contributed by atoms with Crippen LogP contribution in [0.5, 0.6) is 0 Å². The molecule has 0 spiro atoms. The number of ether oxygens (including phenoxy) is 1. The third-order valence-electron chi connectivity index (χ3n) is 5.29. The second-order valence-electron chi connectivity index (χ2n) is 7.89. The number of aliphatic hydroxyl groups is 1. The molecule has 2 atom stereocenters. The van der Waals surface area contributed by atoms with Gasteiger partial charge in [-0.25, -0.2) is 0 Å². The standard InChI is InChI=1S/C20H32N2O2/c1-16-12-22(13-17(2)24-16)19-9-5-4-8-18(19)14-21(3)15-20(23)10-6-7-11-20/h4-5,8-9,16-17,23H,6-7,10-15H2,1-3H3. The summed E-state index contributed by atoms with van der Waals surface area (Å²) in [5.41, 5.74) is 2.17. The average Bonchev–Trinajstić information content (AvgIpc) is 2.92. The molecule has 4 heteroatoms. The van der Waals surface area contributed by atoms with Crippen molar-refractivity contribution in [1.82, 2.24) is 4.90 Å². The largest absolute Gasteiger partial charge is 0.389 e. The monoisotopic (exact) mass is 332 g/mol. The van der Waals surface area contributed by atoms with E-state index in [4.69, 9.17) is 4.74 Å². The Morgan fingerprint density at radius 2 is 1.79 bits per heavy atom. The van der Waals surface area contributed by atoms with Crippen molar-refractivity contribution in [2.24, 2.45) is 0 Å². The van der Waals surface area contributed by atoms with Crippen molar-refractivity contribution in [2.45, 2.75) is 63.9 Å². The molecule has 134 valence electrons. The average molecular weight is 332 g/mol. The van der Waals surface area contributed by atoms with Crippen LogP contribution in [0.4, 0.5) is 5.69 Å². The highest BCUT2D eigenvalue weighted by Gasteiger charge is 2.32. The highest BCUT2D eigenvalue weighted by Crippen LogP contribution is 2.31. The molecule has 1 aromatic carbocycles. The van der Waals surface area contributed by atoms with E-state index in [1.165, 1.54) is 11.3 Å². The number of nitrogens with zero attached hydrogens (tertiary/aromatic N) is 2. The summed E-state index contributed by atoms with van der Waals surface area (Å²) in [5.74, 6) is 0. The van der Waals surface area contributed by atoms with Crippen LogP contribution < -0.4 is 4.90 Å². The molecular weight excluding hydrogens is 300 g/mol. The summed E-state index contributed by atoms with van der Waals surface area (Å²) in [6.07, 6.45) is 4.72. The molecule has 1 N–H and O–H groups in total. The molecular formula is C20H32N2O2. The molecule has 1 heterocycles. The Kier molecular flexibility index (Phi) is 5.48. The first-order valence-electron chi connectivity index (χ1n) is 9.34. The number of anilines is 1. The van der Waals surface area contributed by atoms with E-state index < -0.39 is 5.60 Å². The Balaban J connectivity index is 1.69. The van der Waals surface area contributed by atoms with Crippen molar-refractivity contribution in [2.75, 3.05) is 31.6 Å². The summed E-state index contributed by atoms with van der Waals surface area (Å²) in [6.45, 7) is 7.81. The van der Waals surface area contributed by atoms with Crippen molar-refractivity contribution < 1.29 is 9.84 Å². The number of morpholine rings is 1. The molecule has 1 saturated heterocycles. The maximum absolute atomic E-state index is 10.7. The molecule has 4 nitrogen and oxygen atoms in total. The third-order valence-corrected chi connectivity index (χ3v) is 5.29. The van der Waals surface area contributed by atoms with E-state index in [1.807, 2.05) is 0 Å². The molecule has 0 amide bonds. The van der Waals surface area contributed by atoms with Gasteiger partial charge in [0.1, 0.15) is 0 Å². The summed E-state index contributed by atoms with van der Waals surface area (Å²) in [6, 6.07) is 8.67. The minimum absolute atomic E-state index is 0.263. The van der Waals surface area contributed by atoms with E-state index in [0.29, 0.717) is 0 Å². The minimum Gasteiger partial charge on any atom is -0.389 e. The van der Waals surface area contributed by atoms with Gasteiger partial charge in [-0.1, -0.05) is 31.0 Å². The zero-order valence-corrected chi connectivity index (χ0v) is 15.4. The lowest BCUT2D eigenvalue weighted by molar-refractivity contribution is -0.00533. The number of hydrogen-bond acceptors (Lipinski definition) is 4.